The molecule has 0 heterocycles. The van der Waals surface area contributed by atoms with Crippen LogP contribution in [0.5, 0.6) is 0 Å². The topological polar surface area (TPSA) is 6.48 Å². The summed E-state index contributed by atoms with van der Waals surface area (Å²) in [5.41, 5.74) is 8.04. The van der Waals surface area contributed by atoms with Crippen LogP contribution in [0.3, 0.4) is 0 Å². The van der Waals surface area contributed by atoms with Gasteiger partial charge in [0.2, 0.25) is 0 Å². The zero-order valence-electron chi connectivity index (χ0n) is 18.7. The number of rotatable bonds is 6. The lowest BCUT2D eigenvalue weighted by Crippen LogP contribution is -2.12. The summed E-state index contributed by atoms with van der Waals surface area (Å²) in [4.78, 5) is 4.58. The lowest BCUT2D eigenvalue weighted by Gasteiger charge is -2.28. The molecule has 2 nitrogen and oxygen atoms in total. The zero-order valence-corrected chi connectivity index (χ0v) is 18.7. The molecule has 5 aromatic rings. The van der Waals surface area contributed by atoms with Gasteiger partial charge >= 0.3 is 0 Å². The van der Waals surface area contributed by atoms with Crippen LogP contribution < -0.4 is 9.80 Å². The van der Waals surface area contributed by atoms with Gasteiger partial charge in [-0.25, -0.2) is 0 Å². The molecule has 33 heavy (non-hydrogen) atoms. The second kappa shape index (κ2) is 9.46. The van der Waals surface area contributed by atoms with Crippen LogP contribution in [0.15, 0.2) is 140 Å². The molecule has 160 valence electrons. The Morgan fingerprint density at radius 2 is 0.667 bits per heavy atom. The first-order valence-corrected chi connectivity index (χ1v) is 11.2. The summed E-state index contributed by atoms with van der Waals surface area (Å²) < 4.78 is 0. The second-order valence-electron chi connectivity index (χ2n) is 8.03. The first-order chi connectivity index (χ1) is 16.3. The van der Waals surface area contributed by atoms with Gasteiger partial charge in [0.15, 0.2) is 0 Å². The van der Waals surface area contributed by atoms with Crippen molar-refractivity contribution in [2.45, 2.75) is 6.92 Å². The Balaban J connectivity index is 1.58. The molecule has 0 unspecified atom stereocenters. The molecule has 0 saturated heterocycles. The fourth-order valence-corrected chi connectivity index (χ4v) is 4.14. The summed E-state index contributed by atoms with van der Waals surface area (Å²) in [7, 11) is 0. The van der Waals surface area contributed by atoms with Crippen LogP contribution in [-0.4, -0.2) is 0 Å². The highest BCUT2D eigenvalue weighted by molar-refractivity contribution is 5.81. The van der Waals surface area contributed by atoms with Crippen LogP contribution >= 0.6 is 0 Å². The monoisotopic (exact) mass is 426 g/mol. The molecule has 0 amide bonds. The minimum atomic E-state index is 1.12. The summed E-state index contributed by atoms with van der Waals surface area (Å²) >= 11 is 0. The van der Waals surface area contributed by atoms with Crippen LogP contribution in [0.25, 0.3) is 0 Å². The van der Waals surface area contributed by atoms with E-state index >= 15 is 0 Å². The van der Waals surface area contributed by atoms with Crippen molar-refractivity contribution in [2.24, 2.45) is 0 Å². The number of nitrogens with zero attached hydrogens (tertiary/aromatic N) is 2. The fraction of sp³-hybridized carbons (Fsp3) is 0.0323. The van der Waals surface area contributed by atoms with E-state index < -0.39 is 0 Å². The van der Waals surface area contributed by atoms with Gasteiger partial charge in [0.25, 0.3) is 0 Å². The lowest BCUT2D eigenvalue weighted by molar-refractivity contribution is 1.25. The maximum Gasteiger partial charge on any atom is 0.0464 e. The largest absolute Gasteiger partial charge is 0.311 e. The number of aryl methyl sites for hydroxylation is 1. The number of benzene rings is 5. The van der Waals surface area contributed by atoms with E-state index in [1.807, 2.05) is 0 Å². The Morgan fingerprint density at radius 1 is 0.333 bits per heavy atom. The van der Waals surface area contributed by atoms with Crippen LogP contribution in [0.1, 0.15) is 5.56 Å². The van der Waals surface area contributed by atoms with Gasteiger partial charge < -0.3 is 9.80 Å². The van der Waals surface area contributed by atoms with Crippen molar-refractivity contribution in [1.82, 2.24) is 0 Å². The average Bonchev–Trinajstić information content (AvgIpc) is 2.87. The molecule has 5 rings (SSSR count). The van der Waals surface area contributed by atoms with Gasteiger partial charge in [-0.15, -0.1) is 0 Å². The van der Waals surface area contributed by atoms with Crippen LogP contribution in [0.2, 0.25) is 0 Å². The quantitative estimate of drug-likeness (QED) is 0.267. The highest BCUT2D eigenvalue weighted by atomic mass is 15.2. The van der Waals surface area contributed by atoms with Crippen molar-refractivity contribution >= 4 is 34.1 Å². The SMILES string of the molecule is Cc1cccc(N(c2ccccc2)c2ccc(N(c3ccccc3)c3ccccc3)cc2)c1. The van der Waals surface area contributed by atoms with Crippen LogP contribution in [-0.2, 0) is 0 Å². The molecule has 0 spiro atoms. The van der Waals surface area contributed by atoms with Crippen LogP contribution in [0, 0.1) is 6.92 Å². The third-order valence-electron chi connectivity index (χ3n) is 5.67. The fourth-order valence-electron chi connectivity index (χ4n) is 4.14. The van der Waals surface area contributed by atoms with Crippen molar-refractivity contribution in [3.63, 3.8) is 0 Å². The number of anilines is 6. The van der Waals surface area contributed by atoms with E-state index in [0.29, 0.717) is 0 Å². The standard InChI is InChI=1S/C31H26N2/c1-25-12-11-19-31(24-25)33(28-17-9-4-10-18-28)30-22-20-29(21-23-30)32(26-13-5-2-6-14-26)27-15-7-3-8-16-27/h2-24H,1H3. The van der Waals surface area contributed by atoms with Gasteiger partial charge in [-0.2, -0.15) is 0 Å². The molecule has 0 aliphatic carbocycles. The van der Waals surface area contributed by atoms with Crippen molar-refractivity contribution in [1.29, 1.82) is 0 Å². The first kappa shape index (κ1) is 20.6. The molecule has 0 bridgehead atoms. The van der Waals surface area contributed by atoms with Gasteiger partial charge in [0, 0.05) is 34.1 Å². The van der Waals surface area contributed by atoms with E-state index in [0.717, 1.165) is 34.1 Å². The molecule has 0 fully saturated rings. The third kappa shape index (κ3) is 4.51. The Morgan fingerprint density at radius 3 is 1.06 bits per heavy atom. The highest BCUT2D eigenvalue weighted by Gasteiger charge is 2.15. The molecular formula is C31H26N2. The molecule has 0 aliphatic rings. The maximum atomic E-state index is 2.30. The molecule has 5 aromatic carbocycles. The molecule has 0 aliphatic heterocycles. The summed E-state index contributed by atoms with van der Waals surface area (Å²) in [6, 6.07) is 48.9. The van der Waals surface area contributed by atoms with E-state index in [1.165, 1.54) is 5.56 Å². The van der Waals surface area contributed by atoms with Gasteiger partial charge in [0.05, 0.1) is 0 Å². The Hall–Kier alpha value is -4.30. The molecule has 0 aromatic heterocycles. The van der Waals surface area contributed by atoms with E-state index in [1.54, 1.807) is 0 Å². The Bertz CT molecular complexity index is 1260. The van der Waals surface area contributed by atoms with Gasteiger partial charge in [-0.3, -0.25) is 0 Å². The molecule has 0 radical (unpaired) electrons. The summed E-state index contributed by atoms with van der Waals surface area (Å²) in [6.45, 7) is 2.13. The van der Waals surface area contributed by atoms with Crippen LogP contribution in [0.4, 0.5) is 34.1 Å². The zero-order chi connectivity index (χ0) is 22.5. The normalized spacial score (nSPS) is 10.6. The minimum Gasteiger partial charge on any atom is -0.311 e. The molecule has 2 heteroatoms. The maximum absolute atomic E-state index is 2.30. The Kier molecular flexibility index (Phi) is 5.90. The van der Waals surface area contributed by atoms with Crippen molar-refractivity contribution in [2.75, 3.05) is 9.80 Å². The summed E-state index contributed by atoms with van der Waals surface area (Å²) in [6.07, 6.45) is 0. The average molecular weight is 427 g/mol. The smallest absolute Gasteiger partial charge is 0.0464 e. The predicted octanol–water partition coefficient (Wildman–Crippen LogP) is 8.93. The summed E-state index contributed by atoms with van der Waals surface area (Å²) in [5.74, 6) is 0. The number of hydrogen-bond acceptors (Lipinski definition) is 2. The molecule has 0 saturated carbocycles. The molecule has 0 atom stereocenters. The summed E-state index contributed by atoms with van der Waals surface area (Å²) in [5, 5.41) is 0. The molecular weight excluding hydrogens is 400 g/mol. The third-order valence-corrected chi connectivity index (χ3v) is 5.67. The van der Waals surface area contributed by atoms with Gasteiger partial charge in [-0.1, -0.05) is 66.7 Å². The minimum absolute atomic E-state index is 1.12. The van der Waals surface area contributed by atoms with E-state index in [9.17, 15) is 0 Å². The van der Waals surface area contributed by atoms with E-state index in [4.69, 9.17) is 0 Å². The number of hydrogen-bond donors (Lipinski definition) is 0. The molecule has 0 N–H and O–H groups in total. The lowest BCUT2D eigenvalue weighted by atomic mass is 10.1. The first-order valence-electron chi connectivity index (χ1n) is 11.2. The van der Waals surface area contributed by atoms with Crippen molar-refractivity contribution in [3.05, 3.63) is 145 Å². The number of para-hydroxylation sites is 3. The van der Waals surface area contributed by atoms with Crippen molar-refractivity contribution < 1.29 is 0 Å². The predicted molar refractivity (Wildman–Crippen MR) is 141 cm³/mol. The van der Waals surface area contributed by atoms with E-state index in [2.05, 4.69) is 156 Å². The highest BCUT2D eigenvalue weighted by Crippen LogP contribution is 2.38. The van der Waals surface area contributed by atoms with Gasteiger partial charge in [0.1, 0.15) is 0 Å². The van der Waals surface area contributed by atoms with Gasteiger partial charge in [-0.05, 0) is 85.3 Å². The Labute approximate surface area is 196 Å². The second-order valence-corrected chi connectivity index (χ2v) is 8.03. The van der Waals surface area contributed by atoms with E-state index in [-0.39, 0.29) is 0 Å². The van der Waals surface area contributed by atoms with Crippen molar-refractivity contribution in [3.8, 4) is 0 Å².